The van der Waals surface area contributed by atoms with Crippen LogP contribution in [0, 0.1) is 12.7 Å². The second-order valence-electron chi connectivity index (χ2n) is 4.98. The van der Waals surface area contributed by atoms with Gasteiger partial charge in [0.1, 0.15) is 5.82 Å². The molecule has 4 heteroatoms. The molecule has 3 N–H and O–H groups in total. The highest BCUT2D eigenvalue weighted by atomic mass is 19.1. The van der Waals surface area contributed by atoms with E-state index in [0.717, 1.165) is 5.56 Å². The quantitative estimate of drug-likeness (QED) is 0.887. The first-order chi connectivity index (χ1) is 10.1. The average Bonchev–Trinajstić information content (AvgIpc) is 2.48. The van der Waals surface area contributed by atoms with Gasteiger partial charge >= 0.3 is 0 Å². The zero-order valence-corrected chi connectivity index (χ0v) is 12.0. The van der Waals surface area contributed by atoms with E-state index in [4.69, 9.17) is 5.73 Å². The summed E-state index contributed by atoms with van der Waals surface area (Å²) in [6, 6.07) is 12.4. The Morgan fingerprint density at radius 1 is 1.19 bits per heavy atom. The maximum absolute atomic E-state index is 13.3. The summed E-state index contributed by atoms with van der Waals surface area (Å²) in [5, 5.41) is 2.77. The van der Waals surface area contributed by atoms with E-state index in [9.17, 15) is 9.18 Å². The number of nitrogens with two attached hydrogens (primary N) is 1. The highest BCUT2D eigenvalue weighted by molar-refractivity contribution is 5.90. The normalized spacial score (nSPS) is 10.4. The fourth-order valence-electron chi connectivity index (χ4n) is 2.17. The Bertz CT molecular complexity index is 640. The lowest BCUT2D eigenvalue weighted by molar-refractivity contribution is -0.116. The number of aryl methyl sites for hydroxylation is 2. The van der Waals surface area contributed by atoms with Gasteiger partial charge in [-0.3, -0.25) is 4.79 Å². The van der Waals surface area contributed by atoms with Crippen molar-refractivity contribution >= 4 is 11.6 Å². The van der Waals surface area contributed by atoms with Crippen LogP contribution in [-0.2, 0) is 17.8 Å². The average molecular weight is 286 g/mol. The number of benzene rings is 2. The van der Waals surface area contributed by atoms with Gasteiger partial charge in [0.25, 0.3) is 0 Å². The number of hydrogen-bond acceptors (Lipinski definition) is 2. The van der Waals surface area contributed by atoms with Gasteiger partial charge in [-0.15, -0.1) is 0 Å². The first-order valence-corrected chi connectivity index (χ1v) is 6.93. The molecule has 0 fully saturated rings. The van der Waals surface area contributed by atoms with Gasteiger partial charge < -0.3 is 11.1 Å². The van der Waals surface area contributed by atoms with E-state index in [1.54, 1.807) is 12.1 Å². The fourth-order valence-corrected chi connectivity index (χ4v) is 2.17. The van der Waals surface area contributed by atoms with Crippen LogP contribution in [0.5, 0.6) is 0 Å². The molecule has 0 aliphatic heterocycles. The van der Waals surface area contributed by atoms with Crippen LogP contribution in [0.2, 0.25) is 0 Å². The summed E-state index contributed by atoms with van der Waals surface area (Å²) in [6.45, 7) is 2.14. The van der Waals surface area contributed by atoms with Crippen LogP contribution >= 0.6 is 0 Å². The standard InChI is InChI=1S/C17H19FN2O/c1-12-4-2-3-5-13(12)6-9-17(21)20-15-7-8-16(18)14(10-15)11-19/h2-5,7-8,10H,6,9,11,19H2,1H3,(H,20,21). The summed E-state index contributed by atoms with van der Waals surface area (Å²) < 4.78 is 13.3. The molecule has 110 valence electrons. The van der Waals surface area contributed by atoms with Crippen molar-refractivity contribution in [2.75, 3.05) is 5.32 Å². The molecule has 2 aromatic carbocycles. The van der Waals surface area contributed by atoms with Crippen LogP contribution in [0.4, 0.5) is 10.1 Å². The van der Waals surface area contributed by atoms with E-state index in [1.807, 2.05) is 31.2 Å². The van der Waals surface area contributed by atoms with Crippen molar-refractivity contribution in [3.63, 3.8) is 0 Å². The van der Waals surface area contributed by atoms with Crippen molar-refractivity contribution < 1.29 is 9.18 Å². The van der Waals surface area contributed by atoms with E-state index in [0.29, 0.717) is 24.1 Å². The number of nitrogens with one attached hydrogen (secondary N) is 1. The number of hydrogen-bond donors (Lipinski definition) is 2. The van der Waals surface area contributed by atoms with Crippen LogP contribution in [0.3, 0.4) is 0 Å². The molecule has 3 nitrogen and oxygen atoms in total. The third kappa shape index (κ3) is 4.13. The molecule has 0 atom stereocenters. The minimum atomic E-state index is -0.351. The fraction of sp³-hybridized carbons (Fsp3) is 0.235. The molecule has 21 heavy (non-hydrogen) atoms. The highest BCUT2D eigenvalue weighted by Crippen LogP contribution is 2.15. The number of anilines is 1. The molecule has 0 aliphatic carbocycles. The summed E-state index contributed by atoms with van der Waals surface area (Å²) in [5.41, 5.74) is 8.76. The van der Waals surface area contributed by atoms with E-state index >= 15 is 0 Å². The van der Waals surface area contributed by atoms with Crippen LogP contribution in [-0.4, -0.2) is 5.91 Å². The van der Waals surface area contributed by atoms with Crippen LogP contribution in [0.1, 0.15) is 23.1 Å². The Kier molecular flexibility index (Phi) is 5.06. The van der Waals surface area contributed by atoms with Gasteiger partial charge in [-0.05, 0) is 42.7 Å². The zero-order chi connectivity index (χ0) is 15.2. The Balaban J connectivity index is 1.94. The highest BCUT2D eigenvalue weighted by Gasteiger charge is 2.07. The predicted octanol–water partition coefficient (Wildman–Crippen LogP) is 3.16. The van der Waals surface area contributed by atoms with Gasteiger partial charge in [-0.25, -0.2) is 4.39 Å². The molecule has 0 aliphatic rings. The SMILES string of the molecule is Cc1ccccc1CCC(=O)Nc1ccc(F)c(CN)c1. The van der Waals surface area contributed by atoms with Crippen molar-refractivity contribution in [2.45, 2.75) is 26.3 Å². The lowest BCUT2D eigenvalue weighted by atomic mass is 10.0. The Labute approximate surface area is 124 Å². The largest absolute Gasteiger partial charge is 0.326 e. The van der Waals surface area contributed by atoms with Crippen LogP contribution in [0.15, 0.2) is 42.5 Å². The van der Waals surface area contributed by atoms with Gasteiger partial charge in [-0.2, -0.15) is 0 Å². The monoisotopic (exact) mass is 286 g/mol. The van der Waals surface area contributed by atoms with Crippen molar-refractivity contribution in [1.29, 1.82) is 0 Å². The summed E-state index contributed by atoms with van der Waals surface area (Å²) in [4.78, 5) is 11.9. The second kappa shape index (κ2) is 6.99. The topological polar surface area (TPSA) is 55.1 Å². The molecule has 0 bridgehead atoms. The van der Waals surface area contributed by atoms with Crippen molar-refractivity contribution in [1.82, 2.24) is 0 Å². The summed E-state index contributed by atoms with van der Waals surface area (Å²) in [6.07, 6.45) is 1.07. The molecule has 0 spiro atoms. The van der Waals surface area contributed by atoms with Gasteiger partial charge in [0, 0.05) is 24.2 Å². The molecule has 1 amide bonds. The molecule has 0 saturated carbocycles. The molecule has 0 aromatic heterocycles. The van der Waals surface area contributed by atoms with Crippen LogP contribution < -0.4 is 11.1 Å². The zero-order valence-electron chi connectivity index (χ0n) is 12.0. The third-order valence-corrected chi connectivity index (χ3v) is 3.43. The van der Waals surface area contributed by atoms with Gasteiger partial charge in [0.05, 0.1) is 0 Å². The molecule has 0 radical (unpaired) electrons. The Morgan fingerprint density at radius 3 is 2.67 bits per heavy atom. The minimum Gasteiger partial charge on any atom is -0.326 e. The maximum atomic E-state index is 13.3. The molecule has 0 heterocycles. The Morgan fingerprint density at radius 2 is 1.95 bits per heavy atom. The number of amides is 1. The third-order valence-electron chi connectivity index (χ3n) is 3.43. The summed E-state index contributed by atoms with van der Waals surface area (Å²) >= 11 is 0. The lowest BCUT2D eigenvalue weighted by Gasteiger charge is -2.08. The predicted molar refractivity (Wildman–Crippen MR) is 82.4 cm³/mol. The number of halogens is 1. The van der Waals surface area contributed by atoms with Crippen molar-refractivity contribution in [2.24, 2.45) is 5.73 Å². The van der Waals surface area contributed by atoms with Gasteiger partial charge in [0.15, 0.2) is 0 Å². The van der Waals surface area contributed by atoms with Crippen LogP contribution in [0.25, 0.3) is 0 Å². The lowest BCUT2D eigenvalue weighted by Crippen LogP contribution is -2.13. The van der Waals surface area contributed by atoms with Gasteiger partial charge in [-0.1, -0.05) is 24.3 Å². The van der Waals surface area contributed by atoms with E-state index in [2.05, 4.69) is 5.32 Å². The molecule has 2 aromatic rings. The second-order valence-corrected chi connectivity index (χ2v) is 4.98. The van der Waals surface area contributed by atoms with E-state index < -0.39 is 0 Å². The molecule has 0 unspecified atom stereocenters. The van der Waals surface area contributed by atoms with Crippen molar-refractivity contribution in [3.05, 3.63) is 65.0 Å². The summed E-state index contributed by atoms with van der Waals surface area (Å²) in [5.74, 6) is -0.441. The smallest absolute Gasteiger partial charge is 0.224 e. The van der Waals surface area contributed by atoms with Crippen molar-refractivity contribution in [3.8, 4) is 0 Å². The first-order valence-electron chi connectivity index (χ1n) is 6.93. The minimum absolute atomic E-state index is 0.0900. The van der Waals surface area contributed by atoms with E-state index in [1.165, 1.54) is 11.6 Å². The number of rotatable bonds is 5. The molecule has 2 rings (SSSR count). The summed E-state index contributed by atoms with van der Waals surface area (Å²) in [7, 11) is 0. The van der Waals surface area contributed by atoms with E-state index in [-0.39, 0.29) is 18.3 Å². The molecule has 0 saturated heterocycles. The number of carbonyl (C=O) groups is 1. The molecular formula is C17H19FN2O. The Hall–Kier alpha value is -2.20. The number of carbonyl (C=O) groups excluding carboxylic acids is 1. The molecular weight excluding hydrogens is 267 g/mol. The van der Waals surface area contributed by atoms with Gasteiger partial charge in [0.2, 0.25) is 5.91 Å². The maximum Gasteiger partial charge on any atom is 0.224 e. The first kappa shape index (κ1) is 15.2.